The lowest BCUT2D eigenvalue weighted by atomic mass is 10.2. The Hall–Kier alpha value is 0.430. The van der Waals surface area contributed by atoms with E-state index in [1.54, 1.807) is 0 Å². The van der Waals surface area contributed by atoms with Crippen molar-refractivity contribution in [2.24, 2.45) is 5.92 Å². The number of hydrogen-bond donors (Lipinski definition) is 1. The standard InChI is InChI=1S/C8H8BrClOS/c9-5-3-6(12-8(5)10)7(11)4-1-2-4/h3-4,7,11H,1-2H2. The van der Waals surface area contributed by atoms with Crippen LogP contribution in [0.1, 0.15) is 23.8 Å². The van der Waals surface area contributed by atoms with Gasteiger partial charge in [0, 0.05) is 9.35 Å². The molecule has 12 heavy (non-hydrogen) atoms. The molecule has 1 saturated carbocycles. The minimum Gasteiger partial charge on any atom is -0.387 e. The smallest absolute Gasteiger partial charge is 0.107 e. The summed E-state index contributed by atoms with van der Waals surface area (Å²) in [6.45, 7) is 0. The maximum absolute atomic E-state index is 9.73. The zero-order chi connectivity index (χ0) is 8.72. The van der Waals surface area contributed by atoms with Gasteiger partial charge in [-0.1, -0.05) is 11.6 Å². The van der Waals surface area contributed by atoms with Gasteiger partial charge in [-0.15, -0.1) is 11.3 Å². The van der Waals surface area contributed by atoms with Crippen molar-refractivity contribution in [3.05, 3.63) is 19.8 Å². The predicted molar refractivity (Wildman–Crippen MR) is 54.7 cm³/mol. The maximum atomic E-state index is 9.73. The van der Waals surface area contributed by atoms with Crippen molar-refractivity contribution in [3.8, 4) is 0 Å². The van der Waals surface area contributed by atoms with Crippen LogP contribution in [-0.2, 0) is 0 Å². The Labute approximate surface area is 88.5 Å². The van der Waals surface area contributed by atoms with Gasteiger partial charge in [-0.3, -0.25) is 0 Å². The number of aliphatic hydroxyl groups is 1. The summed E-state index contributed by atoms with van der Waals surface area (Å²) in [5.74, 6) is 0.478. The molecule has 1 fully saturated rings. The molecule has 1 N–H and O–H groups in total. The van der Waals surface area contributed by atoms with Gasteiger partial charge in [0.15, 0.2) is 0 Å². The summed E-state index contributed by atoms with van der Waals surface area (Å²) in [6, 6.07) is 1.91. The van der Waals surface area contributed by atoms with Gasteiger partial charge < -0.3 is 5.11 Å². The van der Waals surface area contributed by atoms with Crippen molar-refractivity contribution in [2.75, 3.05) is 0 Å². The van der Waals surface area contributed by atoms with Gasteiger partial charge in [-0.2, -0.15) is 0 Å². The second kappa shape index (κ2) is 3.29. The van der Waals surface area contributed by atoms with Gasteiger partial charge in [0.05, 0.1) is 6.10 Å². The number of halogens is 2. The van der Waals surface area contributed by atoms with Crippen LogP contribution in [0.3, 0.4) is 0 Å². The van der Waals surface area contributed by atoms with Crippen LogP contribution < -0.4 is 0 Å². The molecule has 1 aromatic heterocycles. The van der Waals surface area contributed by atoms with E-state index >= 15 is 0 Å². The average Bonchev–Trinajstić information content (AvgIpc) is 2.80. The molecule has 1 aliphatic carbocycles. The highest BCUT2D eigenvalue weighted by Gasteiger charge is 2.32. The highest BCUT2D eigenvalue weighted by Crippen LogP contribution is 2.45. The summed E-state index contributed by atoms with van der Waals surface area (Å²) in [6.07, 6.45) is 2.00. The van der Waals surface area contributed by atoms with E-state index in [1.807, 2.05) is 6.07 Å². The summed E-state index contributed by atoms with van der Waals surface area (Å²) >= 11 is 10.6. The molecule has 0 amide bonds. The van der Waals surface area contributed by atoms with E-state index in [4.69, 9.17) is 11.6 Å². The average molecular weight is 268 g/mol. The van der Waals surface area contributed by atoms with Crippen LogP contribution in [-0.4, -0.2) is 5.11 Å². The maximum Gasteiger partial charge on any atom is 0.107 e. The van der Waals surface area contributed by atoms with Crippen molar-refractivity contribution < 1.29 is 5.11 Å². The fraction of sp³-hybridized carbons (Fsp3) is 0.500. The monoisotopic (exact) mass is 266 g/mol. The Morgan fingerprint density at radius 2 is 2.33 bits per heavy atom. The lowest BCUT2D eigenvalue weighted by molar-refractivity contribution is 0.157. The molecule has 0 bridgehead atoms. The Balaban J connectivity index is 2.21. The summed E-state index contributed by atoms with van der Waals surface area (Å²) in [7, 11) is 0. The first kappa shape index (κ1) is 9.00. The minimum absolute atomic E-state index is 0.293. The molecular weight excluding hydrogens is 260 g/mol. The summed E-state index contributed by atoms with van der Waals surface area (Å²) in [5.41, 5.74) is 0. The fourth-order valence-corrected chi connectivity index (χ4v) is 2.97. The fourth-order valence-electron chi connectivity index (χ4n) is 1.15. The Morgan fingerprint density at radius 1 is 1.67 bits per heavy atom. The minimum atomic E-state index is -0.293. The molecule has 2 rings (SSSR count). The Morgan fingerprint density at radius 3 is 2.75 bits per heavy atom. The van der Waals surface area contributed by atoms with E-state index in [1.165, 1.54) is 11.3 Å². The molecule has 66 valence electrons. The van der Waals surface area contributed by atoms with Crippen LogP contribution in [0.15, 0.2) is 10.5 Å². The first-order valence-corrected chi connectivity index (χ1v) is 5.80. The first-order valence-electron chi connectivity index (χ1n) is 3.81. The van der Waals surface area contributed by atoms with Crippen LogP contribution in [0.25, 0.3) is 0 Å². The van der Waals surface area contributed by atoms with E-state index in [0.717, 1.165) is 26.5 Å². The molecule has 1 atom stereocenters. The van der Waals surface area contributed by atoms with Crippen LogP contribution >= 0.6 is 38.9 Å². The van der Waals surface area contributed by atoms with Crippen LogP contribution in [0.2, 0.25) is 4.34 Å². The van der Waals surface area contributed by atoms with E-state index < -0.39 is 0 Å². The van der Waals surface area contributed by atoms with Gasteiger partial charge in [-0.25, -0.2) is 0 Å². The molecule has 0 radical (unpaired) electrons. The highest BCUT2D eigenvalue weighted by molar-refractivity contribution is 9.10. The first-order chi connectivity index (χ1) is 5.68. The number of aliphatic hydroxyl groups excluding tert-OH is 1. The van der Waals surface area contributed by atoms with Gasteiger partial charge >= 0.3 is 0 Å². The van der Waals surface area contributed by atoms with Crippen LogP contribution in [0, 0.1) is 5.92 Å². The molecule has 1 aromatic rings. The second-order valence-corrected chi connectivity index (χ2v) is 5.59. The molecule has 0 aliphatic heterocycles. The van der Waals surface area contributed by atoms with Gasteiger partial charge in [0.1, 0.15) is 4.34 Å². The van der Waals surface area contributed by atoms with E-state index in [2.05, 4.69) is 15.9 Å². The zero-order valence-corrected chi connectivity index (χ0v) is 9.42. The van der Waals surface area contributed by atoms with Gasteiger partial charge in [0.25, 0.3) is 0 Å². The van der Waals surface area contributed by atoms with Crippen molar-refractivity contribution in [2.45, 2.75) is 18.9 Å². The summed E-state index contributed by atoms with van der Waals surface area (Å²) in [5, 5.41) is 9.73. The van der Waals surface area contributed by atoms with Crippen LogP contribution in [0.4, 0.5) is 0 Å². The number of thiophene rings is 1. The number of hydrogen-bond acceptors (Lipinski definition) is 2. The molecular formula is C8H8BrClOS. The largest absolute Gasteiger partial charge is 0.387 e. The van der Waals surface area contributed by atoms with Crippen molar-refractivity contribution >= 4 is 38.9 Å². The lowest BCUT2D eigenvalue weighted by Gasteiger charge is -2.03. The molecule has 4 heteroatoms. The topological polar surface area (TPSA) is 20.2 Å². The molecule has 1 unspecified atom stereocenters. The zero-order valence-electron chi connectivity index (χ0n) is 6.26. The molecule has 0 saturated heterocycles. The Bertz CT molecular complexity index is 276. The van der Waals surface area contributed by atoms with Crippen molar-refractivity contribution in [1.82, 2.24) is 0 Å². The molecule has 1 heterocycles. The summed E-state index contributed by atoms with van der Waals surface area (Å²) in [4.78, 5) is 0.981. The lowest BCUT2D eigenvalue weighted by Crippen LogP contribution is -1.95. The van der Waals surface area contributed by atoms with E-state index in [-0.39, 0.29) is 6.10 Å². The number of rotatable bonds is 2. The van der Waals surface area contributed by atoms with E-state index in [0.29, 0.717) is 5.92 Å². The van der Waals surface area contributed by atoms with Gasteiger partial charge in [0.2, 0.25) is 0 Å². The Kier molecular flexibility index (Phi) is 2.47. The second-order valence-electron chi connectivity index (χ2n) is 3.05. The SMILES string of the molecule is OC(c1cc(Br)c(Cl)s1)C1CC1. The molecule has 0 aromatic carbocycles. The van der Waals surface area contributed by atoms with Crippen LogP contribution in [0.5, 0.6) is 0 Å². The van der Waals surface area contributed by atoms with Crippen molar-refractivity contribution in [3.63, 3.8) is 0 Å². The van der Waals surface area contributed by atoms with E-state index in [9.17, 15) is 5.11 Å². The van der Waals surface area contributed by atoms with Gasteiger partial charge in [-0.05, 0) is 40.8 Å². The highest BCUT2D eigenvalue weighted by atomic mass is 79.9. The third-order valence-electron chi connectivity index (χ3n) is 2.02. The third-order valence-corrected chi connectivity index (χ3v) is 4.57. The summed E-state index contributed by atoms with van der Waals surface area (Å²) < 4.78 is 1.62. The molecule has 0 spiro atoms. The molecule has 1 aliphatic rings. The molecule has 1 nitrogen and oxygen atoms in total. The normalized spacial score (nSPS) is 19.6. The quantitative estimate of drug-likeness (QED) is 0.868. The third kappa shape index (κ3) is 1.69. The predicted octanol–water partition coefficient (Wildman–Crippen LogP) is 3.61. The van der Waals surface area contributed by atoms with Crippen molar-refractivity contribution in [1.29, 1.82) is 0 Å².